The van der Waals surface area contributed by atoms with E-state index in [0.717, 1.165) is 0 Å². The Bertz CT molecular complexity index is 1070. The quantitative estimate of drug-likeness (QED) is 0.529. The van der Waals surface area contributed by atoms with Gasteiger partial charge in [-0.2, -0.15) is 14.8 Å². The molecule has 11 nitrogen and oxygen atoms in total. The van der Waals surface area contributed by atoms with Gasteiger partial charge >= 0.3 is 5.97 Å². The third-order valence-electron chi connectivity index (χ3n) is 3.55. The first-order valence-electron chi connectivity index (χ1n) is 7.98. The van der Waals surface area contributed by atoms with Gasteiger partial charge in [0.2, 0.25) is 15.8 Å². The predicted molar refractivity (Wildman–Crippen MR) is 94.5 cm³/mol. The van der Waals surface area contributed by atoms with Crippen LogP contribution < -0.4 is 9.46 Å². The number of hydrogen-bond donors (Lipinski definition) is 1. The average molecular weight is 407 g/mol. The highest BCUT2D eigenvalue weighted by atomic mass is 32.2. The van der Waals surface area contributed by atoms with Crippen LogP contribution in [0.2, 0.25) is 0 Å². The Balaban J connectivity index is 1.53. The van der Waals surface area contributed by atoms with Crippen molar-refractivity contribution in [1.29, 1.82) is 0 Å². The van der Waals surface area contributed by atoms with Gasteiger partial charge in [0.15, 0.2) is 6.61 Å². The van der Waals surface area contributed by atoms with E-state index in [1.54, 1.807) is 38.4 Å². The summed E-state index contributed by atoms with van der Waals surface area (Å²) in [5.41, 5.74) is 0.671. The van der Waals surface area contributed by atoms with E-state index in [9.17, 15) is 13.2 Å². The molecule has 0 aliphatic rings. The maximum Gasteiger partial charge on any atom is 0.321 e. The first kappa shape index (κ1) is 19.5. The van der Waals surface area contributed by atoms with Crippen LogP contribution in [0.5, 0.6) is 5.75 Å². The lowest BCUT2D eigenvalue weighted by molar-refractivity contribution is -0.144. The summed E-state index contributed by atoms with van der Waals surface area (Å²) < 4.78 is 42.6. The van der Waals surface area contributed by atoms with Crippen molar-refractivity contribution in [3.8, 4) is 17.1 Å². The second-order valence-electron chi connectivity index (χ2n) is 5.58. The average Bonchev–Trinajstić information content (AvgIpc) is 3.34. The molecule has 0 fully saturated rings. The van der Waals surface area contributed by atoms with Gasteiger partial charge in [-0.15, -0.1) is 0 Å². The molecule has 0 aliphatic heterocycles. The van der Waals surface area contributed by atoms with Crippen molar-refractivity contribution in [1.82, 2.24) is 24.6 Å². The van der Waals surface area contributed by atoms with Crippen LogP contribution in [0.1, 0.15) is 5.89 Å². The number of ether oxygens (including phenoxy) is 2. The number of nitrogens with zero attached hydrogens (tertiary/aromatic N) is 4. The van der Waals surface area contributed by atoms with E-state index in [2.05, 4.69) is 20.0 Å². The SMILES string of the molecule is COc1cccc(-c2noc(COC(=O)CNS(=O)(=O)c3cnn(C)c3)n2)c1. The summed E-state index contributed by atoms with van der Waals surface area (Å²) in [4.78, 5) is 15.9. The van der Waals surface area contributed by atoms with E-state index in [4.69, 9.17) is 14.0 Å². The van der Waals surface area contributed by atoms with E-state index in [1.807, 2.05) is 0 Å². The lowest BCUT2D eigenvalue weighted by atomic mass is 10.2. The van der Waals surface area contributed by atoms with Crippen LogP contribution in [0.4, 0.5) is 0 Å². The van der Waals surface area contributed by atoms with Gasteiger partial charge in [-0.1, -0.05) is 17.3 Å². The third-order valence-corrected chi connectivity index (χ3v) is 4.91. The Hall–Kier alpha value is -3.25. The fourth-order valence-corrected chi connectivity index (χ4v) is 3.11. The highest BCUT2D eigenvalue weighted by Gasteiger charge is 2.18. The van der Waals surface area contributed by atoms with Crippen LogP contribution in [0.15, 0.2) is 46.1 Å². The molecular weight excluding hydrogens is 390 g/mol. The molecule has 0 saturated heterocycles. The molecule has 1 aromatic carbocycles. The fourth-order valence-electron chi connectivity index (χ4n) is 2.16. The lowest BCUT2D eigenvalue weighted by Crippen LogP contribution is -2.30. The number of nitrogens with one attached hydrogen (secondary N) is 1. The van der Waals surface area contributed by atoms with Crippen LogP contribution in [-0.2, 0) is 33.2 Å². The van der Waals surface area contributed by atoms with Gasteiger partial charge in [0.25, 0.3) is 5.89 Å². The maximum atomic E-state index is 12.0. The highest BCUT2D eigenvalue weighted by Crippen LogP contribution is 2.21. The van der Waals surface area contributed by atoms with E-state index in [-0.39, 0.29) is 17.4 Å². The fraction of sp³-hybridized carbons (Fsp3) is 0.250. The number of benzene rings is 1. The van der Waals surface area contributed by atoms with Crippen molar-refractivity contribution >= 4 is 16.0 Å². The number of hydrogen-bond acceptors (Lipinski definition) is 9. The summed E-state index contributed by atoms with van der Waals surface area (Å²) in [6.07, 6.45) is 2.48. The lowest BCUT2D eigenvalue weighted by Gasteiger charge is -2.04. The molecule has 148 valence electrons. The van der Waals surface area contributed by atoms with Crippen molar-refractivity contribution in [2.75, 3.05) is 13.7 Å². The van der Waals surface area contributed by atoms with E-state index in [0.29, 0.717) is 17.1 Å². The first-order valence-corrected chi connectivity index (χ1v) is 9.46. The largest absolute Gasteiger partial charge is 0.497 e. The molecule has 0 spiro atoms. The summed E-state index contributed by atoms with van der Waals surface area (Å²) in [5.74, 6) is 0.216. The van der Waals surface area contributed by atoms with Crippen molar-refractivity contribution in [3.05, 3.63) is 42.5 Å². The molecule has 0 bridgehead atoms. The summed E-state index contributed by atoms with van der Waals surface area (Å²) in [7, 11) is -0.728. The molecule has 1 N–H and O–H groups in total. The van der Waals surface area contributed by atoms with Crippen LogP contribution in [-0.4, -0.2) is 48.0 Å². The number of esters is 1. The number of aromatic nitrogens is 4. The summed E-state index contributed by atoms with van der Waals surface area (Å²) in [6, 6.07) is 7.06. The predicted octanol–water partition coefficient (Wildman–Crippen LogP) is 0.500. The molecule has 0 radical (unpaired) electrons. The number of sulfonamides is 1. The molecule has 0 amide bonds. The van der Waals surface area contributed by atoms with Crippen molar-refractivity contribution in [2.45, 2.75) is 11.5 Å². The summed E-state index contributed by atoms with van der Waals surface area (Å²) >= 11 is 0. The molecule has 12 heteroatoms. The molecule has 28 heavy (non-hydrogen) atoms. The summed E-state index contributed by atoms with van der Waals surface area (Å²) in [6.45, 7) is -0.835. The van der Waals surface area contributed by atoms with Crippen molar-refractivity contribution in [2.24, 2.45) is 7.05 Å². The van der Waals surface area contributed by atoms with Gasteiger partial charge in [0, 0.05) is 18.8 Å². The topological polar surface area (TPSA) is 138 Å². The molecule has 3 aromatic rings. The second-order valence-corrected chi connectivity index (χ2v) is 7.35. The Kier molecular flexibility index (Phi) is 5.70. The minimum atomic E-state index is -3.85. The second kappa shape index (κ2) is 8.19. The number of rotatable bonds is 8. The monoisotopic (exact) mass is 407 g/mol. The molecule has 0 atom stereocenters. The Morgan fingerprint density at radius 1 is 1.36 bits per heavy atom. The molecule has 0 saturated carbocycles. The van der Waals surface area contributed by atoms with Crippen LogP contribution >= 0.6 is 0 Å². The smallest absolute Gasteiger partial charge is 0.321 e. The van der Waals surface area contributed by atoms with Gasteiger partial charge in [-0.3, -0.25) is 9.48 Å². The first-order chi connectivity index (χ1) is 13.4. The standard InChI is InChI=1S/C16H17N5O6S/c1-21-9-13(7-17-21)28(23,24)18-8-15(22)26-10-14-19-16(20-27-14)11-4-3-5-12(6-11)25-2/h3-7,9,18H,8,10H2,1-2H3. The van der Waals surface area contributed by atoms with E-state index >= 15 is 0 Å². The van der Waals surface area contributed by atoms with E-state index in [1.165, 1.54) is 17.1 Å². The van der Waals surface area contributed by atoms with Gasteiger partial charge < -0.3 is 14.0 Å². The Morgan fingerprint density at radius 2 is 2.18 bits per heavy atom. The zero-order valence-electron chi connectivity index (χ0n) is 15.0. The number of carbonyl (C=O) groups excluding carboxylic acids is 1. The van der Waals surface area contributed by atoms with Crippen LogP contribution in [0, 0.1) is 0 Å². The van der Waals surface area contributed by atoms with Gasteiger partial charge in [-0.25, -0.2) is 8.42 Å². The minimum Gasteiger partial charge on any atom is -0.497 e. The normalized spacial score (nSPS) is 11.4. The zero-order chi connectivity index (χ0) is 20.1. The third kappa shape index (κ3) is 4.72. The van der Waals surface area contributed by atoms with Crippen LogP contribution in [0.25, 0.3) is 11.4 Å². The molecular formula is C16H17N5O6S. The number of aryl methyl sites for hydroxylation is 1. The zero-order valence-corrected chi connectivity index (χ0v) is 15.8. The van der Waals surface area contributed by atoms with Crippen molar-refractivity contribution < 1.29 is 27.2 Å². The van der Waals surface area contributed by atoms with Gasteiger partial charge in [0.05, 0.1) is 13.3 Å². The summed E-state index contributed by atoms with van der Waals surface area (Å²) in [5, 5.41) is 7.58. The van der Waals surface area contributed by atoms with Crippen LogP contribution in [0.3, 0.4) is 0 Å². The minimum absolute atomic E-state index is 0.0531. The highest BCUT2D eigenvalue weighted by molar-refractivity contribution is 7.89. The maximum absolute atomic E-state index is 12.0. The molecule has 0 unspecified atom stereocenters. The molecule has 0 aliphatic carbocycles. The van der Waals surface area contributed by atoms with Gasteiger partial charge in [-0.05, 0) is 12.1 Å². The number of methoxy groups -OCH3 is 1. The Labute approximate surface area is 160 Å². The number of carbonyl (C=O) groups is 1. The molecule has 2 aromatic heterocycles. The molecule has 2 heterocycles. The molecule has 3 rings (SSSR count). The van der Waals surface area contributed by atoms with E-state index < -0.39 is 22.5 Å². The van der Waals surface area contributed by atoms with Gasteiger partial charge in [0.1, 0.15) is 17.2 Å². The van der Waals surface area contributed by atoms with Crippen molar-refractivity contribution in [3.63, 3.8) is 0 Å². The Morgan fingerprint density at radius 3 is 2.89 bits per heavy atom.